The maximum Gasteiger partial charge on any atom is 0.270 e. The van der Waals surface area contributed by atoms with Gasteiger partial charge in [0, 0.05) is 30.3 Å². The van der Waals surface area contributed by atoms with Crippen LogP contribution in [0.1, 0.15) is 56.9 Å². The van der Waals surface area contributed by atoms with E-state index in [0.29, 0.717) is 5.41 Å². The molecule has 0 bridgehead atoms. The highest BCUT2D eigenvalue weighted by Gasteiger charge is 2.27. The van der Waals surface area contributed by atoms with E-state index in [0.717, 1.165) is 49.1 Å². The van der Waals surface area contributed by atoms with Crippen LogP contribution in [-0.4, -0.2) is 28.5 Å². The molecule has 1 saturated heterocycles. The van der Waals surface area contributed by atoms with Gasteiger partial charge in [-0.15, -0.1) is 0 Å². The summed E-state index contributed by atoms with van der Waals surface area (Å²) in [5, 5.41) is 0. The Morgan fingerprint density at radius 3 is 2.80 bits per heavy atom. The van der Waals surface area contributed by atoms with Gasteiger partial charge in [0.05, 0.1) is 0 Å². The van der Waals surface area contributed by atoms with Crippen molar-refractivity contribution in [3.05, 3.63) is 22.4 Å². The second-order valence-electron chi connectivity index (χ2n) is 6.55. The normalized spacial score (nSPS) is 18.9. The summed E-state index contributed by atoms with van der Waals surface area (Å²) in [5.41, 5.74) is 1.18. The van der Waals surface area contributed by atoms with E-state index in [9.17, 15) is 4.79 Å². The predicted molar refractivity (Wildman–Crippen MR) is 86.0 cm³/mol. The van der Waals surface area contributed by atoms with Crippen LogP contribution in [0.5, 0.6) is 0 Å². The third kappa shape index (κ3) is 3.66. The molecule has 2 rings (SSSR count). The molecule has 0 saturated carbocycles. The molecule has 3 nitrogen and oxygen atoms in total. The average Bonchev–Trinajstić information content (AvgIpc) is 2.63. The Hall–Kier alpha value is -0.770. The van der Waals surface area contributed by atoms with E-state index in [1.54, 1.807) is 0 Å². The van der Waals surface area contributed by atoms with Crippen LogP contribution in [0.15, 0.2) is 16.7 Å². The van der Waals surface area contributed by atoms with Crippen LogP contribution in [0.2, 0.25) is 0 Å². The summed E-state index contributed by atoms with van der Waals surface area (Å²) >= 11 is 3.49. The fraction of sp³-hybridized carbons (Fsp3) is 0.688. The third-order valence-corrected chi connectivity index (χ3v) is 4.61. The number of aryl methyl sites for hydroxylation is 1. The molecule has 1 aliphatic rings. The van der Waals surface area contributed by atoms with Crippen LogP contribution in [0.4, 0.5) is 0 Å². The molecule has 1 amide bonds. The smallest absolute Gasteiger partial charge is 0.270 e. The summed E-state index contributed by atoms with van der Waals surface area (Å²) in [7, 11) is 0. The second-order valence-corrected chi connectivity index (χ2v) is 7.46. The third-order valence-electron chi connectivity index (χ3n) is 4.17. The van der Waals surface area contributed by atoms with E-state index < -0.39 is 0 Å². The first-order valence-corrected chi connectivity index (χ1v) is 8.37. The van der Waals surface area contributed by atoms with Gasteiger partial charge in [0.25, 0.3) is 5.91 Å². The number of carbonyl (C=O) groups excluding carboxylic acids is 1. The summed E-state index contributed by atoms with van der Waals surface area (Å²) in [5.74, 6) is 0.182. The molecule has 0 N–H and O–H groups in total. The standard InChI is InChI=1S/C16H25BrN2O/c1-4-8-19-12-13(17)11-14(19)15(20)18-9-5-6-16(2,3)7-10-18/h11-12H,4-10H2,1-3H3. The monoisotopic (exact) mass is 340 g/mol. The van der Waals surface area contributed by atoms with E-state index >= 15 is 0 Å². The molecule has 2 heterocycles. The number of likely N-dealkylation sites (tertiary alicyclic amines) is 1. The Kier molecular flexibility index (Phi) is 4.95. The highest BCUT2D eigenvalue weighted by molar-refractivity contribution is 9.10. The van der Waals surface area contributed by atoms with Gasteiger partial charge in [-0.2, -0.15) is 0 Å². The van der Waals surface area contributed by atoms with Crippen molar-refractivity contribution in [1.82, 2.24) is 9.47 Å². The van der Waals surface area contributed by atoms with E-state index in [1.807, 2.05) is 17.2 Å². The molecule has 1 aromatic heterocycles. The molecule has 0 spiro atoms. The van der Waals surface area contributed by atoms with E-state index in [4.69, 9.17) is 0 Å². The lowest BCUT2D eigenvalue weighted by Crippen LogP contribution is -2.33. The van der Waals surface area contributed by atoms with Crippen molar-refractivity contribution in [3.8, 4) is 0 Å². The fourth-order valence-corrected chi connectivity index (χ4v) is 3.33. The fourth-order valence-electron chi connectivity index (χ4n) is 2.87. The van der Waals surface area contributed by atoms with Gasteiger partial charge in [-0.3, -0.25) is 4.79 Å². The average molecular weight is 341 g/mol. The van der Waals surface area contributed by atoms with Crippen molar-refractivity contribution in [1.29, 1.82) is 0 Å². The van der Waals surface area contributed by atoms with E-state index in [2.05, 4.69) is 41.3 Å². The van der Waals surface area contributed by atoms with Gasteiger partial charge in [-0.1, -0.05) is 20.8 Å². The highest BCUT2D eigenvalue weighted by atomic mass is 79.9. The van der Waals surface area contributed by atoms with Crippen molar-refractivity contribution < 1.29 is 4.79 Å². The first-order chi connectivity index (χ1) is 9.43. The zero-order valence-corrected chi connectivity index (χ0v) is 14.4. The lowest BCUT2D eigenvalue weighted by molar-refractivity contribution is 0.0746. The van der Waals surface area contributed by atoms with Crippen LogP contribution in [0.25, 0.3) is 0 Å². The molecular weight excluding hydrogens is 316 g/mol. The Labute approximate surface area is 130 Å². The molecule has 0 aromatic carbocycles. The number of hydrogen-bond donors (Lipinski definition) is 0. The van der Waals surface area contributed by atoms with Crippen LogP contribution in [0, 0.1) is 5.41 Å². The van der Waals surface area contributed by atoms with Crippen molar-refractivity contribution in [2.75, 3.05) is 13.1 Å². The number of hydrogen-bond acceptors (Lipinski definition) is 1. The zero-order chi connectivity index (χ0) is 14.8. The maximum absolute atomic E-state index is 12.8. The quantitative estimate of drug-likeness (QED) is 0.804. The van der Waals surface area contributed by atoms with Crippen molar-refractivity contribution in [2.24, 2.45) is 5.41 Å². The first kappa shape index (κ1) is 15.6. The Morgan fingerprint density at radius 1 is 1.35 bits per heavy atom. The van der Waals surface area contributed by atoms with Crippen LogP contribution in [-0.2, 0) is 6.54 Å². The Balaban J connectivity index is 2.14. The largest absolute Gasteiger partial charge is 0.342 e. The van der Waals surface area contributed by atoms with Gasteiger partial charge >= 0.3 is 0 Å². The van der Waals surface area contributed by atoms with Crippen LogP contribution in [0.3, 0.4) is 0 Å². The van der Waals surface area contributed by atoms with Crippen molar-refractivity contribution in [2.45, 2.75) is 53.0 Å². The summed E-state index contributed by atoms with van der Waals surface area (Å²) < 4.78 is 3.06. The minimum Gasteiger partial charge on any atom is -0.342 e. The summed E-state index contributed by atoms with van der Waals surface area (Å²) in [4.78, 5) is 14.8. The summed E-state index contributed by atoms with van der Waals surface area (Å²) in [6.07, 6.45) is 6.45. The molecule has 4 heteroatoms. The predicted octanol–water partition coefficient (Wildman–Crippen LogP) is 4.31. The van der Waals surface area contributed by atoms with Gasteiger partial charge in [0.1, 0.15) is 5.69 Å². The van der Waals surface area contributed by atoms with Gasteiger partial charge in [0.15, 0.2) is 0 Å². The number of nitrogens with zero attached hydrogens (tertiary/aromatic N) is 2. The molecule has 0 unspecified atom stereocenters. The molecule has 1 aliphatic heterocycles. The number of halogens is 1. The molecule has 0 aliphatic carbocycles. The minimum absolute atomic E-state index is 0.182. The SMILES string of the molecule is CCCn1cc(Br)cc1C(=O)N1CCCC(C)(C)CC1. The molecule has 1 aromatic rings. The van der Waals surface area contributed by atoms with Gasteiger partial charge in [0.2, 0.25) is 0 Å². The first-order valence-electron chi connectivity index (χ1n) is 7.58. The van der Waals surface area contributed by atoms with Gasteiger partial charge in [-0.25, -0.2) is 0 Å². The lowest BCUT2D eigenvalue weighted by Gasteiger charge is -2.23. The second kappa shape index (κ2) is 6.33. The Morgan fingerprint density at radius 2 is 2.10 bits per heavy atom. The summed E-state index contributed by atoms with van der Waals surface area (Å²) in [6, 6.07) is 1.95. The van der Waals surface area contributed by atoms with Crippen molar-refractivity contribution in [3.63, 3.8) is 0 Å². The lowest BCUT2D eigenvalue weighted by atomic mass is 9.85. The summed E-state index contributed by atoms with van der Waals surface area (Å²) in [6.45, 7) is 9.40. The number of carbonyl (C=O) groups is 1. The molecule has 0 atom stereocenters. The number of aromatic nitrogens is 1. The van der Waals surface area contributed by atoms with E-state index in [1.165, 1.54) is 6.42 Å². The molecule has 1 fully saturated rings. The van der Waals surface area contributed by atoms with Gasteiger partial charge in [-0.05, 0) is 53.1 Å². The number of rotatable bonds is 3. The number of amides is 1. The topological polar surface area (TPSA) is 25.2 Å². The highest BCUT2D eigenvalue weighted by Crippen LogP contribution is 2.30. The minimum atomic E-state index is 0.182. The zero-order valence-electron chi connectivity index (χ0n) is 12.8. The van der Waals surface area contributed by atoms with Crippen LogP contribution >= 0.6 is 15.9 Å². The van der Waals surface area contributed by atoms with Gasteiger partial charge < -0.3 is 9.47 Å². The molecular formula is C16H25BrN2O. The maximum atomic E-state index is 12.8. The molecule has 0 radical (unpaired) electrons. The molecule has 112 valence electrons. The van der Waals surface area contributed by atoms with Crippen molar-refractivity contribution >= 4 is 21.8 Å². The molecule has 20 heavy (non-hydrogen) atoms. The van der Waals surface area contributed by atoms with Crippen LogP contribution < -0.4 is 0 Å². The van der Waals surface area contributed by atoms with E-state index in [-0.39, 0.29) is 5.91 Å². The Bertz CT molecular complexity index is 479.